The van der Waals surface area contributed by atoms with E-state index in [4.69, 9.17) is 14.2 Å². The Morgan fingerprint density at radius 2 is 0.960 bits per heavy atom. The summed E-state index contributed by atoms with van der Waals surface area (Å²) in [7, 11) is 0. The standard InChI is InChI=1S/C22H14O3/c1-2-12-22-19-13-6-3-7-14(19)24-16-9-5-11-18(21(16)22)25-17-10-4-8-15(23-13)20(17)22/h2-11H,1,12H2. The summed E-state index contributed by atoms with van der Waals surface area (Å²) >= 11 is 0. The lowest BCUT2D eigenvalue weighted by molar-refractivity contribution is 0.327. The second kappa shape index (κ2) is 4.25. The molecular weight excluding hydrogens is 312 g/mol. The number of hydrogen-bond donors (Lipinski definition) is 0. The largest absolute Gasteiger partial charge is 0.456 e. The maximum Gasteiger partial charge on any atom is 0.135 e. The van der Waals surface area contributed by atoms with Crippen molar-refractivity contribution in [2.45, 2.75) is 11.8 Å². The van der Waals surface area contributed by atoms with Crippen molar-refractivity contribution in [3.63, 3.8) is 0 Å². The van der Waals surface area contributed by atoms with E-state index in [9.17, 15) is 0 Å². The van der Waals surface area contributed by atoms with Crippen LogP contribution in [-0.4, -0.2) is 0 Å². The van der Waals surface area contributed by atoms with Crippen molar-refractivity contribution in [1.82, 2.24) is 0 Å². The average Bonchev–Trinajstić information content (AvgIpc) is 2.62. The van der Waals surface area contributed by atoms with Gasteiger partial charge in [-0.25, -0.2) is 0 Å². The molecule has 0 bridgehead atoms. The SMILES string of the molecule is C=CCC12c3c4cccc3Oc3cccc(c31)Oc1cccc(c12)O4. The minimum absolute atomic E-state index is 0.389. The van der Waals surface area contributed by atoms with Gasteiger partial charge in [0, 0.05) is 0 Å². The van der Waals surface area contributed by atoms with Gasteiger partial charge in [0.2, 0.25) is 0 Å². The third kappa shape index (κ3) is 1.39. The van der Waals surface area contributed by atoms with Crippen LogP contribution < -0.4 is 14.2 Å². The Balaban J connectivity index is 1.86. The van der Waals surface area contributed by atoms with Crippen LogP contribution in [0.15, 0.2) is 67.3 Å². The highest BCUT2D eigenvalue weighted by atomic mass is 16.5. The van der Waals surface area contributed by atoms with Gasteiger partial charge in [-0.1, -0.05) is 24.3 Å². The minimum Gasteiger partial charge on any atom is -0.456 e. The number of hydrogen-bond acceptors (Lipinski definition) is 3. The molecule has 3 nitrogen and oxygen atoms in total. The summed E-state index contributed by atoms with van der Waals surface area (Å²) in [5, 5.41) is 0. The predicted molar refractivity (Wildman–Crippen MR) is 94.2 cm³/mol. The Morgan fingerprint density at radius 1 is 0.640 bits per heavy atom. The molecule has 25 heavy (non-hydrogen) atoms. The molecule has 0 fully saturated rings. The molecule has 120 valence electrons. The van der Waals surface area contributed by atoms with Gasteiger partial charge in [0.1, 0.15) is 34.5 Å². The van der Waals surface area contributed by atoms with Gasteiger partial charge in [0.25, 0.3) is 0 Å². The maximum atomic E-state index is 6.23. The third-order valence-corrected chi connectivity index (χ3v) is 5.35. The summed E-state index contributed by atoms with van der Waals surface area (Å²) < 4.78 is 18.7. The van der Waals surface area contributed by atoms with Crippen LogP contribution in [0, 0.1) is 0 Å². The molecule has 0 radical (unpaired) electrons. The Morgan fingerprint density at radius 3 is 1.24 bits per heavy atom. The molecule has 0 aromatic heterocycles. The highest BCUT2D eigenvalue weighted by Gasteiger charge is 2.54. The Hall–Kier alpha value is -3.20. The van der Waals surface area contributed by atoms with Gasteiger partial charge in [-0.05, 0) is 42.8 Å². The molecule has 3 heteroatoms. The fourth-order valence-electron chi connectivity index (χ4n) is 4.56. The molecule has 0 saturated carbocycles. The van der Waals surface area contributed by atoms with Gasteiger partial charge in [-0.3, -0.25) is 0 Å². The van der Waals surface area contributed by atoms with E-state index in [2.05, 4.69) is 6.58 Å². The van der Waals surface area contributed by atoms with Crippen molar-refractivity contribution < 1.29 is 14.2 Å². The smallest absolute Gasteiger partial charge is 0.135 e. The molecule has 3 aromatic carbocycles. The predicted octanol–water partition coefficient (Wildman–Crippen LogP) is 5.91. The zero-order chi connectivity index (χ0) is 16.6. The lowest BCUT2D eigenvalue weighted by Gasteiger charge is -2.47. The van der Waals surface area contributed by atoms with E-state index in [0.717, 1.165) is 57.6 Å². The molecule has 3 heterocycles. The van der Waals surface area contributed by atoms with E-state index in [1.54, 1.807) is 0 Å². The topological polar surface area (TPSA) is 27.7 Å². The summed E-state index contributed by atoms with van der Waals surface area (Å²) in [4.78, 5) is 0. The quantitative estimate of drug-likeness (QED) is 0.428. The fraction of sp³-hybridized carbons (Fsp3) is 0.0909. The summed E-state index contributed by atoms with van der Waals surface area (Å²) in [5.74, 6) is 5.04. The first-order chi connectivity index (χ1) is 12.3. The molecule has 6 rings (SSSR count). The molecule has 3 aliphatic rings. The van der Waals surface area contributed by atoms with Crippen molar-refractivity contribution >= 4 is 0 Å². The van der Waals surface area contributed by atoms with Crippen LogP contribution in [0.5, 0.6) is 34.5 Å². The van der Waals surface area contributed by atoms with Crippen LogP contribution in [0.3, 0.4) is 0 Å². The first kappa shape index (κ1) is 13.1. The lowest BCUT2D eigenvalue weighted by atomic mass is 9.63. The van der Waals surface area contributed by atoms with Crippen molar-refractivity contribution in [2.75, 3.05) is 0 Å². The minimum atomic E-state index is -0.389. The molecule has 0 amide bonds. The van der Waals surface area contributed by atoms with Crippen LogP contribution in [0.25, 0.3) is 0 Å². The first-order valence-corrected chi connectivity index (χ1v) is 8.38. The van der Waals surface area contributed by atoms with E-state index >= 15 is 0 Å². The zero-order valence-electron chi connectivity index (χ0n) is 13.4. The van der Waals surface area contributed by atoms with Gasteiger partial charge in [0.05, 0.1) is 22.1 Å². The van der Waals surface area contributed by atoms with Gasteiger partial charge in [-0.15, -0.1) is 6.58 Å². The number of benzene rings is 3. The fourth-order valence-corrected chi connectivity index (χ4v) is 4.56. The van der Waals surface area contributed by atoms with Gasteiger partial charge < -0.3 is 14.2 Å². The Bertz CT molecular complexity index is 890. The van der Waals surface area contributed by atoms with Crippen LogP contribution in [0.4, 0.5) is 0 Å². The molecular formula is C22H14O3. The highest BCUT2D eigenvalue weighted by molar-refractivity contribution is 5.78. The summed E-state index contributed by atoms with van der Waals surface area (Å²) in [5.41, 5.74) is 2.81. The van der Waals surface area contributed by atoms with Crippen LogP contribution >= 0.6 is 0 Å². The monoisotopic (exact) mass is 326 g/mol. The van der Waals surface area contributed by atoms with E-state index in [-0.39, 0.29) is 5.41 Å². The van der Waals surface area contributed by atoms with Gasteiger partial charge in [-0.2, -0.15) is 0 Å². The van der Waals surface area contributed by atoms with Crippen molar-refractivity contribution in [1.29, 1.82) is 0 Å². The Kier molecular flexibility index (Phi) is 2.23. The van der Waals surface area contributed by atoms with Crippen LogP contribution in [0.1, 0.15) is 23.1 Å². The molecule has 0 unspecified atom stereocenters. The summed E-state index contributed by atoms with van der Waals surface area (Å²) in [6, 6.07) is 17.9. The van der Waals surface area contributed by atoms with Crippen LogP contribution in [-0.2, 0) is 5.41 Å². The van der Waals surface area contributed by atoms with E-state index in [1.807, 2.05) is 60.7 Å². The second-order valence-electron chi connectivity index (χ2n) is 6.59. The number of allylic oxidation sites excluding steroid dienone is 1. The number of rotatable bonds is 2. The van der Waals surface area contributed by atoms with E-state index < -0.39 is 0 Å². The molecule has 0 saturated heterocycles. The maximum absolute atomic E-state index is 6.23. The highest BCUT2D eigenvalue weighted by Crippen LogP contribution is 2.67. The normalized spacial score (nSPS) is 16.0. The van der Waals surface area contributed by atoms with E-state index in [1.165, 1.54) is 0 Å². The molecule has 3 aliphatic heterocycles. The van der Waals surface area contributed by atoms with Gasteiger partial charge in [0.15, 0.2) is 0 Å². The van der Waals surface area contributed by atoms with Crippen molar-refractivity contribution in [2.24, 2.45) is 0 Å². The summed E-state index contributed by atoms with van der Waals surface area (Å²) in [6.07, 6.45) is 2.73. The Labute approximate surface area is 145 Å². The van der Waals surface area contributed by atoms with E-state index in [0.29, 0.717) is 0 Å². The molecule has 0 atom stereocenters. The third-order valence-electron chi connectivity index (χ3n) is 5.35. The first-order valence-electron chi connectivity index (χ1n) is 8.38. The lowest BCUT2D eigenvalue weighted by Crippen LogP contribution is -2.38. The molecule has 0 N–H and O–H groups in total. The number of ether oxygens (including phenoxy) is 3. The van der Waals surface area contributed by atoms with Gasteiger partial charge >= 0.3 is 0 Å². The second-order valence-corrected chi connectivity index (χ2v) is 6.59. The molecule has 3 aromatic rings. The average molecular weight is 326 g/mol. The van der Waals surface area contributed by atoms with Crippen molar-refractivity contribution in [3.05, 3.63) is 83.9 Å². The molecule has 0 spiro atoms. The molecule has 0 aliphatic carbocycles. The van der Waals surface area contributed by atoms with Crippen molar-refractivity contribution in [3.8, 4) is 34.5 Å². The summed E-state index contributed by atoms with van der Waals surface area (Å²) in [6.45, 7) is 4.05. The zero-order valence-corrected chi connectivity index (χ0v) is 13.4. The van der Waals surface area contributed by atoms with Crippen LogP contribution in [0.2, 0.25) is 0 Å².